The Hall–Kier alpha value is -1.62. The third-order valence-electron chi connectivity index (χ3n) is 2.80. The maximum atomic E-state index is 4.22. The van der Waals surface area contributed by atoms with Crippen LogP contribution in [-0.2, 0) is 5.41 Å². The fourth-order valence-electron chi connectivity index (χ4n) is 1.67. The van der Waals surface area contributed by atoms with Gasteiger partial charge in [0, 0.05) is 24.2 Å². The summed E-state index contributed by atoms with van der Waals surface area (Å²) < 4.78 is 0. The fraction of sp³-hybridized carbons (Fsp3) is 0.467. The van der Waals surface area contributed by atoms with Gasteiger partial charge in [0.15, 0.2) is 0 Å². The average molecular weight is 290 g/mol. The van der Waals surface area contributed by atoms with E-state index in [1.807, 2.05) is 18.2 Å². The van der Waals surface area contributed by atoms with Crippen molar-refractivity contribution < 1.29 is 0 Å². The van der Waals surface area contributed by atoms with Crippen LogP contribution in [0, 0.1) is 0 Å². The minimum atomic E-state index is 0.0759. The molecule has 2 N–H and O–H groups in total. The molecular weight excluding hydrogens is 268 g/mol. The summed E-state index contributed by atoms with van der Waals surface area (Å²) in [5.41, 5.74) is 1.24. The molecule has 0 aliphatic carbocycles. The van der Waals surface area contributed by atoms with Gasteiger partial charge < -0.3 is 10.6 Å². The lowest BCUT2D eigenvalue weighted by atomic mass is 9.98. The van der Waals surface area contributed by atoms with Gasteiger partial charge in [-0.25, -0.2) is 0 Å². The van der Waals surface area contributed by atoms with Gasteiger partial charge in [-0.15, -0.1) is 10.2 Å². The van der Waals surface area contributed by atoms with Crippen LogP contribution in [0.1, 0.15) is 32.2 Å². The second kappa shape index (κ2) is 6.70. The fourth-order valence-corrected chi connectivity index (χ4v) is 2.50. The lowest BCUT2D eigenvalue weighted by Crippen LogP contribution is -2.10. The van der Waals surface area contributed by atoms with E-state index in [1.54, 1.807) is 11.3 Å². The molecule has 0 aliphatic heterocycles. The Morgan fingerprint density at radius 2 is 1.70 bits per heavy atom. The highest BCUT2D eigenvalue weighted by Crippen LogP contribution is 2.27. The van der Waals surface area contributed by atoms with Gasteiger partial charge in [-0.2, -0.15) is 0 Å². The summed E-state index contributed by atoms with van der Waals surface area (Å²) in [5, 5.41) is 17.1. The van der Waals surface area contributed by atoms with Crippen molar-refractivity contribution in [2.45, 2.75) is 32.6 Å². The van der Waals surface area contributed by atoms with Gasteiger partial charge in [-0.05, 0) is 18.6 Å². The van der Waals surface area contributed by atoms with Crippen LogP contribution in [-0.4, -0.2) is 23.3 Å². The molecule has 108 valence electrons. The van der Waals surface area contributed by atoms with E-state index in [2.05, 4.69) is 53.7 Å². The molecule has 0 bridgehead atoms. The molecule has 2 rings (SSSR count). The maximum Gasteiger partial charge on any atom is 0.205 e. The van der Waals surface area contributed by atoms with Crippen molar-refractivity contribution >= 4 is 22.2 Å². The monoisotopic (exact) mass is 290 g/mol. The first-order valence-electron chi connectivity index (χ1n) is 6.92. The Labute approximate surface area is 124 Å². The first-order chi connectivity index (χ1) is 9.55. The Balaban J connectivity index is 1.67. The van der Waals surface area contributed by atoms with Crippen molar-refractivity contribution in [3.8, 4) is 0 Å². The molecule has 0 fully saturated rings. The SMILES string of the molecule is CC(C)(C)c1nnc(NCCCNc2ccccc2)s1. The molecule has 2 aromatic rings. The summed E-state index contributed by atoms with van der Waals surface area (Å²) in [4.78, 5) is 0. The highest BCUT2D eigenvalue weighted by Gasteiger charge is 2.18. The van der Waals surface area contributed by atoms with Crippen molar-refractivity contribution in [2.75, 3.05) is 23.7 Å². The summed E-state index contributed by atoms with van der Waals surface area (Å²) in [6, 6.07) is 10.3. The zero-order chi connectivity index (χ0) is 14.4. The second-order valence-corrected chi connectivity index (χ2v) is 6.71. The first kappa shape index (κ1) is 14.8. The third-order valence-corrected chi connectivity index (χ3v) is 4.11. The molecule has 4 nitrogen and oxygen atoms in total. The van der Waals surface area contributed by atoms with Crippen molar-refractivity contribution in [1.82, 2.24) is 10.2 Å². The van der Waals surface area contributed by atoms with Crippen LogP contribution in [0.5, 0.6) is 0 Å². The number of aromatic nitrogens is 2. The Morgan fingerprint density at radius 3 is 2.35 bits per heavy atom. The molecule has 0 amide bonds. The van der Waals surface area contributed by atoms with Crippen LogP contribution in [0.15, 0.2) is 30.3 Å². The Bertz CT molecular complexity index is 516. The normalized spacial score (nSPS) is 11.3. The highest BCUT2D eigenvalue weighted by atomic mass is 32.1. The van der Waals surface area contributed by atoms with E-state index in [4.69, 9.17) is 0 Å². The van der Waals surface area contributed by atoms with Crippen LogP contribution < -0.4 is 10.6 Å². The predicted octanol–water partition coefficient (Wildman–Crippen LogP) is 3.75. The molecule has 0 spiro atoms. The molecule has 1 aromatic carbocycles. The topological polar surface area (TPSA) is 49.8 Å². The average Bonchev–Trinajstić information content (AvgIpc) is 2.88. The molecule has 0 unspecified atom stereocenters. The van der Waals surface area contributed by atoms with Gasteiger partial charge in [0.25, 0.3) is 0 Å². The molecule has 5 heteroatoms. The van der Waals surface area contributed by atoms with Gasteiger partial charge in [-0.1, -0.05) is 50.3 Å². The van der Waals surface area contributed by atoms with Gasteiger partial charge in [-0.3, -0.25) is 0 Å². The smallest absolute Gasteiger partial charge is 0.205 e. The predicted molar refractivity (Wildman–Crippen MR) is 86.6 cm³/mol. The standard InChI is InChI=1S/C15H22N4S/c1-15(2,3)13-18-19-14(20-13)17-11-7-10-16-12-8-5-4-6-9-12/h4-6,8-9,16H,7,10-11H2,1-3H3,(H,17,19). The molecule has 0 radical (unpaired) electrons. The molecule has 0 saturated carbocycles. The summed E-state index contributed by atoms with van der Waals surface area (Å²) in [6.07, 6.45) is 1.04. The zero-order valence-corrected chi connectivity index (χ0v) is 13.1. The summed E-state index contributed by atoms with van der Waals surface area (Å²) >= 11 is 1.64. The van der Waals surface area contributed by atoms with Gasteiger partial charge >= 0.3 is 0 Å². The number of anilines is 2. The molecule has 20 heavy (non-hydrogen) atoms. The van der Waals surface area contributed by atoms with E-state index < -0.39 is 0 Å². The molecule has 0 atom stereocenters. The van der Waals surface area contributed by atoms with Crippen LogP contribution >= 0.6 is 11.3 Å². The Morgan fingerprint density at radius 1 is 1.00 bits per heavy atom. The first-order valence-corrected chi connectivity index (χ1v) is 7.74. The molecule has 0 saturated heterocycles. The lowest BCUT2D eigenvalue weighted by Gasteiger charge is -2.12. The third kappa shape index (κ3) is 4.49. The van der Waals surface area contributed by atoms with Crippen LogP contribution in [0.3, 0.4) is 0 Å². The number of nitrogens with one attached hydrogen (secondary N) is 2. The highest BCUT2D eigenvalue weighted by molar-refractivity contribution is 7.15. The summed E-state index contributed by atoms with van der Waals surface area (Å²) in [5.74, 6) is 0. The Kier molecular flexibility index (Phi) is 4.95. The molecule has 0 aliphatic rings. The number of benzene rings is 1. The van der Waals surface area contributed by atoms with Crippen molar-refractivity contribution in [3.63, 3.8) is 0 Å². The van der Waals surface area contributed by atoms with E-state index in [0.717, 1.165) is 29.6 Å². The van der Waals surface area contributed by atoms with Crippen LogP contribution in [0.4, 0.5) is 10.8 Å². The van der Waals surface area contributed by atoms with E-state index in [0.29, 0.717) is 0 Å². The number of hydrogen-bond acceptors (Lipinski definition) is 5. The van der Waals surface area contributed by atoms with Crippen LogP contribution in [0.2, 0.25) is 0 Å². The van der Waals surface area contributed by atoms with E-state index >= 15 is 0 Å². The van der Waals surface area contributed by atoms with E-state index in [9.17, 15) is 0 Å². The summed E-state index contributed by atoms with van der Waals surface area (Å²) in [7, 11) is 0. The number of rotatable bonds is 6. The largest absolute Gasteiger partial charge is 0.385 e. The minimum Gasteiger partial charge on any atom is -0.385 e. The van der Waals surface area contributed by atoms with Crippen molar-refractivity contribution in [1.29, 1.82) is 0 Å². The summed E-state index contributed by atoms with van der Waals surface area (Å²) in [6.45, 7) is 8.31. The van der Waals surface area contributed by atoms with E-state index in [-0.39, 0.29) is 5.41 Å². The van der Waals surface area contributed by atoms with Gasteiger partial charge in [0.05, 0.1) is 0 Å². The van der Waals surface area contributed by atoms with Gasteiger partial charge in [0.2, 0.25) is 5.13 Å². The quantitative estimate of drug-likeness (QED) is 0.796. The molecular formula is C15H22N4S. The second-order valence-electron chi connectivity index (χ2n) is 5.74. The number of para-hydroxylation sites is 1. The van der Waals surface area contributed by atoms with Crippen molar-refractivity contribution in [2.24, 2.45) is 0 Å². The van der Waals surface area contributed by atoms with Crippen LogP contribution in [0.25, 0.3) is 0 Å². The van der Waals surface area contributed by atoms with Gasteiger partial charge in [0.1, 0.15) is 5.01 Å². The van der Waals surface area contributed by atoms with E-state index in [1.165, 1.54) is 5.69 Å². The molecule has 1 aromatic heterocycles. The molecule has 1 heterocycles. The maximum absolute atomic E-state index is 4.22. The number of nitrogens with zero attached hydrogens (tertiary/aromatic N) is 2. The minimum absolute atomic E-state index is 0.0759. The zero-order valence-electron chi connectivity index (χ0n) is 12.3. The van der Waals surface area contributed by atoms with Crippen molar-refractivity contribution in [3.05, 3.63) is 35.3 Å². The lowest BCUT2D eigenvalue weighted by molar-refractivity contribution is 0.578. The number of hydrogen-bond donors (Lipinski definition) is 2.